The van der Waals surface area contributed by atoms with Crippen LogP contribution in [-0.2, 0) is 4.74 Å². The number of carbonyl (C=O) groups excluding carboxylic acids is 2. The SMILES string of the molecule is COc1cc(C(=O)Nc2nc3c(OC)ccc(C4=CCN(C(=O)OC(C)(C)C)CC4)c3s2)cc(Cl)n1. The number of aromatic nitrogens is 2. The van der Waals surface area contributed by atoms with Crippen molar-refractivity contribution in [3.8, 4) is 11.6 Å². The van der Waals surface area contributed by atoms with E-state index < -0.39 is 5.60 Å². The molecular weight excluding hydrogens is 504 g/mol. The number of benzene rings is 1. The number of ether oxygens (including phenoxy) is 3. The van der Waals surface area contributed by atoms with Crippen LogP contribution in [0.4, 0.5) is 9.93 Å². The van der Waals surface area contributed by atoms with Crippen LogP contribution in [0.5, 0.6) is 11.6 Å². The predicted octanol–water partition coefficient (Wildman–Crippen LogP) is 5.64. The van der Waals surface area contributed by atoms with Crippen LogP contribution in [0.1, 0.15) is 43.1 Å². The molecular formula is C25H27ClN4O5S. The molecule has 36 heavy (non-hydrogen) atoms. The maximum Gasteiger partial charge on any atom is 0.410 e. The second-order valence-corrected chi connectivity index (χ2v) is 10.5. The first kappa shape index (κ1) is 25.7. The molecule has 3 heterocycles. The number of hydrogen-bond acceptors (Lipinski definition) is 8. The Labute approximate surface area is 218 Å². The summed E-state index contributed by atoms with van der Waals surface area (Å²) >= 11 is 7.36. The minimum Gasteiger partial charge on any atom is -0.494 e. The Morgan fingerprint density at radius 1 is 1.14 bits per heavy atom. The molecule has 0 fully saturated rings. The minimum atomic E-state index is -0.542. The molecule has 0 atom stereocenters. The van der Waals surface area contributed by atoms with Gasteiger partial charge >= 0.3 is 6.09 Å². The largest absolute Gasteiger partial charge is 0.494 e. The van der Waals surface area contributed by atoms with Crippen molar-refractivity contribution in [3.05, 3.63) is 46.6 Å². The lowest BCUT2D eigenvalue weighted by Crippen LogP contribution is -2.39. The van der Waals surface area contributed by atoms with E-state index in [9.17, 15) is 9.59 Å². The fraction of sp³-hybridized carbons (Fsp3) is 0.360. The number of thiazole rings is 1. The van der Waals surface area contributed by atoms with Gasteiger partial charge in [-0.15, -0.1) is 0 Å². The molecule has 0 saturated carbocycles. The van der Waals surface area contributed by atoms with Gasteiger partial charge < -0.3 is 19.1 Å². The topological polar surface area (TPSA) is 103 Å². The average molecular weight is 531 g/mol. The van der Waals surface area contributed by atoms with Gasteiger partial charge in [0.2, 0.25) is 5.88 Å². The summed E-state index contributed by atoms with van der Waals surface area (Å²) in [6.07, 6.45) is 2.36. The molecule has 0 spiro atoms. The van der Waals surface area contributed by atoms with Gasteiger partial charge in [0.25, 0.3) is 5.91 Å². The zero-order valence-corrected chi connectivity index (χ0v) is 22.2. The van der Waals surface area contributed by atoms with Crippen LogP contribution in [0.15, 0.2) is 30.3 Å². The maximum atomic E-state index is 12.9. The van der Waals surface area contributed by atoms with E-state index in [0.717, 1.165) is 15.8 Å². The van der Waals surface area contributed by atoms with Gasteiger partial charge in [-0.3, -0.25) is 10.1 Å². The number of nitrogens with one attached hydrogen (secondary N) is 1. The first-order chi connectivity index (χ1) is 17.1. The second kappa shape index (κ2) is 10.3. The van der Waals surface area contributed by atoms with E-state index in [1.165, 1.54) is 30.6 Å². The van der Waals surface area contributed by atoms with Crippen molar-refractivity contribution in [3.63, 3.8) is 0 Å². The minimum absolute atomic E-state index is 0.150. The monoisotopic (exact) mass is 530 g/mol. The van der Waals surface area contributed by atoms with Gasteiger partial charge in [-0.25, -0.2) is 14.8 Å². The molecule has 1 aromatic carbocycles. The Hall–Kier alpha value is -3.37. The van der Waals surface area contributed by atoms with Crippen LogP contribution >= 0.6 is 22.9 Å². The van der Waals surface area contributed by atoms with Crippen LogP contribution in [0.25, 0.3) is 15.8 Å². The molecule has 0 saturated heterocycles. The van der Waals surface area contributed by atoms with Crippen molar-refractivity contribution in [2.75, 3.05) is 32.6 Å². The third-order valence-electron chi connectivity index (χ3n) is 5.40. The van der Waals surface area contributed by atoms with E-state index in [4.69, 9.17) is 25.8 Å². The van der Waals surface area contributed by atoms with Gasteiger partial charge in [-0.1, -0.05) is 29.0 Å². The van der Waals surface area contributed by atoms with Crippen LogP contribution < -0.4 is 14.8 Å². The lowest BCUT2D eigenvalue weighted by Gasteiger charge is -2.29. The molecule has 0 bridgehead atoms. The van der Waals surface area contributed by atoms with Gasteiger partial charge in [0, 0.05) is 24.7 Å². The Balaban J connectivity index is 1.60. The summed E-state index contributed by atoms with van der Waals surface area (Å²) < 4.78 is 17.0. The van der Waals surface area contributed by atoms with Crippen LogP contribution in [-0.4, -0.2) is 59.8 Å². The van der Waals surface area contributed by atoms with Crippen molar-refractivity contribution < 1.29 is 23.8 Å². The molecule has 0 radical (unpaired) electrons. The highest BCUT2D eigenvalue weighted by molar-refractivity contribution is 7.22. The van der Waals surface area contributed by atoms with Crippen LogP contribution in [0.2, 0.25) is 5.15 Å². The van der Waals surface area contributed by atoms with E-state index in [2.05, 4.69) is 15.3 Å². The second-order valence-electron chi connectivity index (χ2n) is 9.09. The molecule has 11 heteroatoms. The number of halogens is 1. The summed E-state index contributed by atoms with van der Waals surface area (Å²) in [6, 6.07) is 6.80. The van der Waals surface area contributed by atoms with Crippen LogP contribution in [0, 0.1) is 0 Å². The number of rotatable bonds is 5. The van der Waals surface area contributed by atoms with Crippen molar-refractivity contribution in [1.29, 1.82) is 0 Å². The van der Waals surface area contributed by atoms with Gasteiger partial charge in [-0.05, 0) is 56.5 Å². The maximum absolute atomic E-state index is 12.9. The van der Waals surface area contributed by atoms with E-state index >= 15 is 0 Å². The average Bonchev–Trinajstić information content (AvgIpc) is 3.25. The molecule has 2 amide bonds. The lowest BCUT2D eigenvalue weighted by atomic mass is 9.99. The third kappa shape index (κ3) is 5.71. The Bertz CT molecular complexity index is 1350. The molecule has 2 aromatic heterocycles. The zero-order chi connectivity index (χ0) is 26.0. The Kier molecular flexibility index (Phi) is 7.37. The molecule has 190 valence electrons. The number of amides is 2. The van der Waals surface area contributed by atoms with Crippen LogP contribution in [0.3, 0.4) is 0 Å². The highest BCUT2D eigenvalue weighted by atomic mass is 35.5. The Morgan fingerprint density at radius 2 is 1.92 bits per heavy atom. The summed E-state index contributed by atoms with van der Waals surface area (Å²) in [7, 11) is 3.03. The van der Waals surface area contributed by atoms with E-state index in [0.29, 0.717) is 41.5 Å². The summed E-state index contributed by atoms with van der Waals surface area (Å²) in [5.74, 6) is 0.457. The first-order valence-electron chi connectivity index (χ1n) is 11.3. The number of carbonyl (C=O) groups is 2. The summed E-state index contributed by atoms with van der Waals surface area (Å²) in [6.45, 7) is 6.55. The number of methoxy groups -OCH3 is 2. The predicted molar refractivity (Wildman–Crippen MR) is 140 cm³/mol. The lowest BCUT2D eigenvalue weighted by molar-refractivity contribution is 0.0270. The number of fused-ring (bicyclic) bond motifs is 1. The number of nitrogens with zero attached hydrogens (tertiary/aromatic N) is 3. The molecule has 1 aliphatic heterocycles. The molecule has 3 aromatic rings. The smallest absolute Gasteiger partial charge is 0.410 e. The summed E-state index contributed by atoms with van der Waals surface area (Å²) in [5, 5.41) is 3.40. The van der Waals surface area contributed by atoms with Gasteiger partial charge in [0.1, 0.15) is 22.0 Å². The van der Waals surface area contributed by atoms with Gasteiger partial charge in [0.05, 0.1) is 18.9 Å². The fourth-order valence-corrected chi connectivity index (χ4v) is 4.97. The van der Waals surface area contributed by atoms with Gasteiger partial charge in [-0.2, -0.15) is 0 Å². The third-order valence-corrected chi connectivity index (χ3v) is 6.59. The van der Waals surface area contributed by atoms with Crippen molar-refractivity contribution in [2.24, 2.45) is 0 Å². The standard InChI is InChI=1S/C25H27ClN4O5S/c1-25(2,3)35-24(32)30-10-8-14(9-11-30)16-6-7-17(33-4)20-21(16)36-23(28-20)29-22(31)15-12-18(26)27-19(13-15)34-5/h6-8,12-13H,9-11H2,1-5H3,(H,28,29,31). The summed E-state index contributed by atoms with van der Waals surface area (Å²) in [5.41, 5.74) is 2.49. The highest BCUT2D eigenvalue weighted by Crippen LogP contribution is 2.39. The molecule has 0 unspecified atom stereocenters. The molecule has 4 rings (SSSR count). The molecule has 9 nitrogen and oxygen atoms in total. The quantitative estimate of drug-likeness (QED) is 0.426. The highest BCUT2D eigenvalue weighted by Gasteiger charge is 2.25. The van der Waals surface area contributed by atoms with E-state index in [-0.39, 0.29) is 23.0 Å². The normalized spacial score (nSPS) is 13.8. The van der Waals surface area contributed by atoms with Crippen molar-refractivity contribution in [2.45, 2.75) is 32.8 Å². The molecule has 0 aliphatic carbocycles. The van der Waals surface area contributed by atoms with E-state index in [1.54, 1.807) is 12.0 Å². The zero-order valence-electron chi connectivity index (χ0n) is 20.7. The Morgan fingerprint density at radius 3 is 2.56 bits per heavy atom. The van der Waals surface area contributed by atoms with Crippen molar-refractivity contribution >= 4 is 55.9 Å². The first-order valence-corrected chi connectivity index (χ1v) is 12.4. The number of anilines is 1. The molecule has 1 aliphatic rings. The number of hydrogen-bond donors (Lipinski definition) is 1. The van der Waals surface area contributed by atoms with Gasteiger partial charge in [0.15, 0.2) is 5.13 Å². The fourth-order valence-electron chi connectivity index (χ4n) is 3.74. The molecule has 1 N–H and O–H groups in total. The van der Waals surface area contributed by atoms with E-state index in [1.807, 2.05) is 39.0 Å². The number of pyridine rings is 1. The summed E-state index contributed by atoms with van der Waals surface area (Å²) in [4.78, 5) is 35.6. The van der Waals surface area contributed by atoms with Crippen molar-refractivity contribution in [1.82, 2.24) is 14.9 Å².